The summed E-state index contributed by atoms with van der Waals surface area (Å²) in [6.45, 7) is 19.8. The monoisotopic (exact) mass is 620 g/mol. The van der Waals surface area contributed by atoms with Gasteiger partial charge in [0, 0.05) is 22.3 Å². The van der Waals surface area contributed by atoms with Crippen molar-refractivity contribution < 1.29 is 25.1 Å². The summed E-state index contributed by atoms with van der Waals surface area (Å²) < 4.78 is 1.50. The zero-order valence-corrected chi connectivity index (χ0v) is 27.3. The van der Waals surface area contributed by atoms with Crippen LogP contribution in [0.2, 0.25) is 0 Å². The molecule has 2 aromatic rings. The Morgan fingerprint density at radius 3 is 1.41 bits per heavy atom. The third kappa shape index (κ3) is 12.5. The van der Waals surface area contributed by atoms with Crippen LogP contribution >= 0.6 is 0 Å². The first-order valence-electron chi connectivity index (χ1n) is 15.1. The van der Waals surface area contributed by atoms with Crippen molar-refractivity contribution in [3.05, 3.63) is 101 Å². The van der Waals surface area contributed by atoms with Crippen LogP contribution in [0, 0.1) is 27.7 Å². The molecule has 0 saturated carbocycles. The first-order chi connectivity index (χ1) is 18.4. The fourth-order valence-corrected chi connectivity index (χ4v) is 4.81. The summed E-state index contributed by atoms with van der Waals surface area (Å²) in [5, 5.41) is 0. The predicted octanol–water partition coefficient (Wildman–Crippen LogP) is 11.9. The molecule has 1 heterocycles. The molecular formula is C36H54N2Pd. The van der Waals surface area contributed by atoms with Crippen LogP contribution in [0.4, 0.5) is 0 Å². The fourth-order valence-electron chi connectivity index (χ4n) is 4.81. The number of allylic oxidation sites excluding steroid dienone is 2. The van der Waals surface area contributed by atoms with Gasteiger partial charge in [-0.3, -0.25) is 0 Å². The van der Waals surface area contributed by atoms with E-state index in [1.165, 1.54) is 65.5 Å². The molecule has 0 aliphatic carbocycles. The first-order valence-corrected chi connectivity index (χ1v) is 15.1. The molecule has 0 bridgehead atoms. The van der Waals surface area contributed by atoms with Crippen LogP contribution in [0.15, 0.2) is 59.7 Å². The Kier molecular flexibility index (Phi) is 20.9. The van der Waals surface area contributed by atoms with Crippen molar-refractivity contribution >= 4 is 11.4 Å². The molecule has 0 saturated heterocycles. The Balaban J connectivity index is 0.00000189. The third-order valence-corrected chi connectivity index (χ3v) is 6.50. The molecule has 3 rings (SSSR count). The average molecular weight is 621 g/mol. The van der Waals surface area contributed by atoms with Crippen molar-refractivity contribution in [1.82, 2.24) is 0 Å². The third-order valence-electron chi connectivity index (χ3n) is 6.50. The molecule has 39 heavy (non-hydrogen) atoms. The molecule has 0 unspecified atom stereocenters. The van der Waals surface area contributed by atoms with E-state index in [0.29, 0.717) is 0 Å². The van der Waals surface area contributed by atoms with Crippen LogP contribution in [0.1, 0.15) is 127 Å². The van der Waals surface area contributed by atoms with Gasteiger partial charge in [-0.1, -0.05) is 102 Å². The van der Waals surface area contributed by atoms with Crippen LogP contribution in [-0.4, -0.2) is 4.70 Å². The van der Waals surface area contributed by atoms with Gasteiger partial charge in [0.1, 0.15) is 0 Å². The second-order valence-corrected chi connectivity index (χ2v) is 10.3. The quantitative estimate of drug-likeness (QED) is 0.0976. The van der Waals surface area contributed by atoms with Gasteiger partial charge < -0.3 is 19.4 Å². The standard InChI is InChI=1S/C30H40N2.2C3H7.Pd/c1-5-7-9-10-11-12-20-28-27(19-8-6-2)29(25-17-13-15-23(3)21-25)32(31)30(28)26-18-14-16-24(4)22-26;2*1-3-2;/h13-18,21-22H,5-12,19-20H2,1-4H3;2*1,3H2,2H3;/q;2*-1;+2. The summed E-state index contributed by atoms with van der Waals surface area (Å²) in [7, 11) is 0. The summed E-state index contributed by atoms with van der Waals surface area (Å²) in [6, 6.07) is 17.1. The number of benzene rings is 2. The van der Waals surface area contributed by atoms with Crippen molar-refractivity contribution in [1.29, 1.82) is 0 Å². The molecule has 2 nitrogen and oxygen atoms in total. The molecule has 0 fully saturated rings. The molecule has 218 valence electrons. The maximum Gasteiger partial charge on any atom is 2.00 e. The molecule has 0 radical (unpaired) electrons. The van der Waals surface area contributed by atoms with E-state index in [4.69, 9.17) is 0 Å². The molecule has 0 atom stereocenters. The molecular weight excluding hydrogens is 567 g/mol. The average Bonchev–Trinajstić information content (AvgIpc) is 3.16. The molecule has 2 aromatic carbocycles. The van der Waals surface area contributed by atoms with E-state index in [2.05, 4.69) is 90.1 Å². The smallest absolute Gasteiger partial charge is 0.493 e. The number of hydrogen-bond donors (Lipinski definition) is 0. The first kappa shape index (κ1) is 37.2. The van der Waals surface area contributed by atoms with Crippen molar-refractivity contribution in [2.75, 3.05) is 0 Å². The van der Waals surface area contributed by atoms with E-state index in [1.54, 1.807) is 0 Å². The fraction of sp³-hybridized carbons (Fsp3) is 0.500. The Morgan fingerprint density at radius 2 is 1.00 bits per heavy atom. The molecule has 0 spiro atoms. The number of aryl methyl sites for hydroxylation is 2. The van der Waals surface area contributed by atoms with Gasteiger partial charge >= 0.3 is 20.4 Å². The van der Waals surface area contributed by atoms with Gasteiger partial charge in [0.05, 0.1) is 0 Å². The maximum absolute atomic E-state index is 11.6. The second kappa shape index (κ2) is 21.9. The van der Waals surface area contributed by atoms with Gasteiger partial charge in [0.2, 0.25) is 11.4 Å². The Morgan fingerprint density at radius 1 is 0.615 bits per heavy atom. The zero-order valence-electron chi connectivity index (χ0n) is 25.7. The SMILES string of the molecule is CCCCCCCCC1=C(c2cccc(C)c2)[N+](=[N-])C(c2cccc(C)c2)=C1CCCC.[CH2-]CC.[CH2-]CC.[Pd+2]. The minimum absolute atomic E-state index is 0. The summed E-state index contributed by atoms with van der Waals surface area (Å²) in [5.41, 5.74) is 20.9. The molecule has 0 aromatic heterocycles. The number of rotatable bonds is 12. The molecule has 1 aliphatic heterocycles. The summed E-state index contributed by atoms with van der Waals surface area (Å²) in [4.78, 5) is 0. The largest absolute Gasteiger partial charge is 2.00 e. The van der Waals surface area contributed by atoms with Crippen molar-refractivity contribution in [3.63, 3.8) is 0 Å². The van der Waals surface area contributed by atoms with Crippen LogP contribution < -0.4 is 0 Å². The van der Waals surface area contributed by atoms with Crippen LogP contribution in [0.25, 0.3) is 16.9 Å². The van der Waals surface area contributed by atoms with Crippen LogP contribution in [-0.2, 0) is 20.4 Å². The topological polar surface area (TPSA) is 25.3 Å². The molecule has 3 heteroatoms. The molecule has 0 N–H and O–H groups in total. The summed E-state index contributed by atoms with van der Waals surface area (Å²) in [5.74, 6) is 0. The number of nitrogens with zero attached hydrogens (tertiary/aromatic N) is 2. The normalized spacial score (nSPS) is 12.5. The van der Waals surface area contributed by atoms with Gasteiger partial charge in [0.25, 0.3) is 0 Å². The minimum atomic E-state index is 0. The van der Waals surface area contributed by atoms with E-state index in [0.717, 1.165) is 61.0 Å². The predicted molar refractivity (Wildman–Crippen MR) is 169 cm³/mol. The Bertz CT molecular complexity index is 1030. The maximum atomic E-state index is 11.6. The molecule has 1 aliphatic rings. The van der Waals surface area contributed by atoms with Crippen LogP contribution in [0.5, 0.6) is 0 Å². The summed E-state index contributed by atoms with van der Waals surface area (Å²) in [6.07, 6.45) is 14.0. The van der Waals surface area contributed by atoms with Gasteiger partial charge in [-0.05, 0) is 63.8 Å². The van der Waals surface area contributed by atoms with E-state index < -0.39 is 0 Å². The van der Waals surface area contributed by atoms with E-state index in [-0.39, 0.29) is 20.4 Å². The molecule has 0 amide bonds. The number of unbranched alkanes of at least 4 members (excludes halogenated alkanes) is 6. The Hall–Kier alpha value is -1.82. The van der Waals surface area contributed by atoms with Gasteiger partial charge in [-0.25, -0.2) is 4.70 Å². The second-order valence-electron chi connectivity index (χ2n) is 10.3. The van der Waals surface area contributed by atoms with Crippen molar-refractivity contribution in [2.45, 2.75) is 119 Å². The van der Waals surface area contributed by atoms with Crippen LogP contribution in [0.3, 0.4) is 0 Å². The van der Waals surface area contributed by atoms with E-state index in [9.17, 15) is 5.53 Å². The number of hydrogen-bond acceptors (Lipinski definition) is 0. The zero-order chi connectivity index (χ0) is 28.3. The van der Waals surface area contributed by atoms with Gasteiger partial charge in [0.15, 0.2) is 0 Å². The van der Waals surface area contributed by atoms with E-state index in [1.807, 2.05) is 13.8 Å². The van der Waals surface area contributed by atoms with Crippen molar-refractivity contribution in [3.8, 4) is 0 Å². The summed E-state index contributed by atoms with van der Waals surface area (Å²) >= 11 is 0. The van der Waals surface area contributed by atoms with Gasteiger partial charge in [-0.15, -0.1) is 0 Å². The Labute approximate surface area is 255 Å². The van der Waals surface area contributed by atoms with Gasteiger partial charge in [-0.2, -0.15) is 12.8 Å². The minimum Gasteiger partial charge on any atom is -0.493 e. The van der Waals surface area contributed by atoms with E-state index >= 15 is 0 Å². The van der Waals surface area contributed by atoms with Crippen molar-refractivity contribution in [2.24, 2.45) is 0 Å².